The Balaban J connectivity index is 0.00000144. The van der Waals surface area contributed by atoms with Crippen molar-refractivity contribution in [3.05, 3.63) is 23.8 Å². The molecule has 2 heterocycles. The van der Waals surface area contributed by atoms with Crippen molar-refractivity contribution in [3.8, 4) is 5.75 Å². The van der Waals surface area contributed by atoms with Gasteiger partial charge in [0.1, 0.15) is 5.75 Å². The van der Waals surface area contributed by atoms with Crippen LogP contribution in [0.15, 0.2) is 18.2 Å². The van der Waals surface area contributed by atoms with Crippen molar-refractivity contribution in [2.24, 2.45) is 11.3 Å². The second kappa shape index (κ2) is 6.09. The Morgan fingerprint density at radius 2 is 2.14 bits per heavy atom. The van der Waals surface area contributed by atoms with Crippen LogP contribution in [0.3, 0.4) is 0 Å². The van der Waals surface area contributed by atoms with Crippen LogP contribution in [0.5, 0.6) is 5.75 Å². The summed E-state index contributed by atoms with van der Waals surface area (Å²) < 4.78 is 5.61. The Bertz CT molecular complexity index is 570. The zero-order valence-corrected chi connectivity index (χ0v) is 13.5. The molecular weight excluding hydrogens is 300 g/mol. The van der Waals surface area contributed by atoms with Crippen molar-refractivity contribution < 1.29 is 9.53 Å². The molecule has 1 atom stereocenters. The van der Waals surface area contributed by atoms with Gasteiger partial charge in [0.25, 0.3) is 0 Å². The Hall–Kier alpha value is -1.26. The van der Waals surface area contributed by atoms with Crippen molar-refractivity contribution >= 4 is 24.0 Å². The summed E-state index contributed by atoms with van der Waals surface area (Å²) in [6.07, 6.45) is 5.45. The molecule has 2 fully saturated rings. The van der Waals surface area contributed by atoms with Crippen LogP contribution in [0.4, 0.5) is 5.69 Å². The van der Waals surface area contributed by atoms with E-state index in [4.69, 9.17) is 4.74 Å². The van der Waals surface area contributed by atoms with Gasteiger partial charge in [0, 0.05) is 11.6 Å². The molecule has 2 N–H and O–H groups in total. The number of anilines is 1. The van der Waals surface area contributed by atoms with Crippen molar-refractivity contribution in [1.29, 1.82) is 0 Å². The molecule has 1 spiro atoms. The Morgan fingerprint density at radius 3 is 2.95 bits per heavy atom. The maximum Gasteiger partial charge on any atom is 0.228 e. The topological polar surface area (TPSA) is 50.4 Å². The van der Waals surface area contributed by atoms with Crippen LogP contribution < -0.4 is 15.4 Å². The number of rotatable bonds is 2. The van der Waals surface area contributed by atoms with Crippen LogP contribution in [0.2, 0.25) is 0 Å². The number of hydrogen-bond acceptors (Lipinski definition) is 3. The van der Waals surface area contributed by atoms with Crippen LogP contribution in [0, 0.1) is 11.3 Å². The van der Waals surface area contributed by atoms with E-state index in [0.717, 1.165) is 63.2 Å². The van der Waals surface area contributed by atoms with Gasteiger partial charge in [-0.1, -0.05) is 0 Å². The zero-order valence-electron chi connectivity index (χ0n) is 12.7. The van der Waals surface area contributed by atoms with E-state index in [9.17, 15) is 4.79 Å². The molecule has 1 aromatic rings. The van der Waals surface area contributed by atoms with E-state index in [1.807, 2.05) is 12.1 Å². The average molecular weight is 323 g/mol. The number of carbonyl (C=O) groups excluding carboxylic acids is 1. The van der Waals surface area contributed by atoms with Crippen molar-refractivity contribution in [2.75, 3.05) is 25.0 Å². The molecule has 120 valence electrons. The first-order chi connectivity index (χ1) is 10.3. The van der Waals surface area contributed by atoms with E-state index in [1.54, 1.807) is 0 Å². The van der Waals surface area contributed by atoms with Crippen molar-refractivity contribution in [3.63, 3.8) is 0 Å². The molecule has 0 bridgehead atoms. The summed E-state index contributed by atoms with van der Waals surface area (Å²) in [6.45, 7) is 2.91. The number of aryl methyl sites for hydroxylation is 1. The lowest BCUT2D eigenvalue weighted by molar-refractivity contribution is -0.118. The molecule has 1 saturated carbocycles. The highest BCUT2D eigenvalue weighted by molar-refractivity contribution is 5.95. The molecule has 2 aliphatic heterocycles. The number of piperidine rings is 1. The lowest BCUT2D eigenvalue weighted by atomic mass is 9.91. The molecule has 1 amide bonds. The third-order valence-corrected chi connectivity index (χ3v) is 5.28. The summed E-state index contributed by atoms with van der Waals surface area (Å²) in [7, 11) is 0. The van der Waals surface area contributed by atoms with E-state index in [0.29, 0.717) is 5.41 Å². The second-order valence-electron chi connectivity index (χ2n) is 6.63. The summed E-state index contributed by atoms with van der Waals surface area (Å²) in [5.41, 5.74) is 2.43. The van der Waals surface area contributed by atoms with Gasteiger partial charge in [-0.15, -0.1) is 12.4 Å². The zero-order chi connectivity index (χ0) is 14.3. The fourth-order valence-electron chi connectivity index (χ4n) is 3.86. The molecule has 3 aliphatic rings. The van der Waals surface area contributed by atoms with E-state index in [2.05, 4.69) is 16.7 Å². The van der Waals surface area contributed by atoms with Gasteiger partial charge < -0.3 is 15.4 Å². The summed E-state index contributed by atoms with van der Waals surface area (Å²) in [4.78, 5) is 12.5. The SMILES string of the molecule is Cl.O=C(Nc1ccc2c(c1)CCCO2)C1CC12CCNCC2. The molecule has 1 saturated heterocycles. The molecule has 1 unspecified atom stereocenters. The molecule has 0 aromatic heterocycles. The van der Waals surface area contributed by atoms with Crippen LogP contribution in [-0.2, 0) is 11.2 Å². The minimum absolute atomic E-state index is 0. The molecular formula is C17H23ClN2O2. The summed E-state index contributed by atoms with van der Waals surface area (Å²) in [6, 6.07) is 6.01. The van der Waals surface area contributed by atoms with Crippen LogP contribution >= 0.6 is 12.4 Å². The fraction of sp³-hybridized carbons (Fsp3) is 0.588. The Morgan fingerprint density at radius 1 is 1.32 bits per heavy atom. The first-order valence-corrected chi connectivity index (χ1v) is 8.04. The maximum atomic E-state index is 12.5. The Labute approximate surface area is 137 Å². The van der Waals surface area contributed by atoms with Crippen LogP contribution in [0.1, 0.15) is 31.2 Å². The number of carbonyl (C=O) groups is 1. The number of halogens is 1. The predicted octanol–water partition coefficient (Wildman–Crippen LogP) is 2.76. The van der Waals surface area contributed by atoms with Gasteiger partial charge in [-0.3, -0.25) is 4.79 Å². The number of nitrogens with one attached hydrogen (secondary N) is 2. The Kier molecular flexibility index (Phi) is 4.33. The van der Waals surface area contributed by atoms with Gasteiger partial charge in [0.2, 0.25) is 5.91 Å². The maximum absolute atomic E-state index is 12.5. The van der Waals surface area contributed by atoms with Crippen LogP contribution in [0.25, 0.3) is 0 Å². The van der Waals surface area contributed by atoms with Gasteiger partial charge in [0.15, 0.2) is 0 Å². The van der Waals surface area contributed by atoms with E-state index < -0.39 is 0 Å². The van der Waals surface area contributed by atoms with Crippen molar-refractivity contribution in [2.45, 2.75) is 32.1 Å². The molecule has 0 radical (unpaired) electrons. The number of benzene rings is 1. The third kappa shape index (κ3) is 2.82. The largest absolute Gasteiger partial charge is 0.493 e. The molecule has 1 aliphatic carbocycles. The second-order valence-corrected chi connectivity index (χ2v) is 6.63. The van der Waals surface area contributed by atoms with E-state index >= 15 is 0 Å². The predicted molar refractivity (Wildman–Crippen MR) is 88.8 cm³/mol. The molecule has 22 heavy (non-hydrogen) atoms. The third-order valence-electron chi connectivity index (χ3n) is 5.28. The minimum atomic E-state index is 0. The van der Waals surface area contributed by atoms with Crippen LogP contribution in [-0.4, -0.2) is 25.6 Å². The smallest absolute Gasteiger partial charge is 0.228 e. The fourth-order valence-corrected chi connectivity index (χ4v) is 3.86. The quantitative estimate of drug-likeness (QED) is 0.880. The van der Waals surface area contributed by atoms with Gasteiger partial charge in [-0.05, 0) is 74.4 Å². The highest BCUT2D eigenvalue weighted by atomic mass is 35.5. The molecule has 5 heteroatoms. The minimum Gasteiger partial charge on any atom is -0.493 e. The monoisotopic (exact) mass is 322 g/mol. The molecule has 4 nitrogen and oxygen atoms in total. The number of ether oxygens (including phenoxy) is 1. The van der Waals surface area contributed by atoms with Crippen molar-refractivity contribution in [1.82, 2.24) is 5.32 Å². The molecule has 4 rings (SSSR count). The summed E-state index contributed by atoms with van der Waals surface area (Å²) in [5.74, 6) is 1.39. The first-order valence-electron chi connectivity index (χ1n) is 8.04. The normalized spacial score (nSPS) is 24.6. The first kappa shape index (κ1) is 15.6. The molecule has 1 aromatic carbocycles. The van der Waals surface area contributed by atoms with E-state index in [-0.39, 0.29) is 24.2 Å². The highest BCUT2D eigenvalue weighted by Crippen LogP contribution is 2.58. The lowest BCUT2D eigenvalue weighted by Gasteiger charge is -2.23. The van der Waals surface area contributed by atoms with Gasteiger partial charge in [-0.25, -0.2) is 0 Å². The summed E-state index contributed by atoms with van der Waals surface area (Å²) in [5, 5.41) is 6.49. The number of hydrogen-bond donors (Lipinski definition) is 2. The number of amides is 1. The van der Waals surface area contributed by atoms with Gasteiger partial charge >= 0.3 is 0 Å². The van der Waals surface area contributed by atoms with Gasteiger partial charge in [0.05, 0.1) is 6.61 Å². The lowest BCUT2D eigenvalue weighted by Crippen LogP contribution is -2.31. The number of fused-ring (bicyclic) bond motifs is 1. The summed E-state index contributed by atoms with van der Waals surface area (Å²) >= 11 is 0. The van der Waals surface area contributed by atoms with E-state index in [1.165, 1.54) is 5.56 Å². The average Bonchev–Trinajstić information content (AvgIpc) is 3.21. The standard InChI is InChI=1S/C17H22N2O2.ClH/c20-16(14-11-17(14)5-7-18-8-6-17)19-13-3-4-15-12(10-13)2-1-9-21-15;/h3-4,10,14,18H,1-2,5-9,11H2,(H,19,20);1H. The van der Waals surface area contributed by atoms with Gasteiger partial charge in [-0.2, -0.15) is 0 Å². The highest BCUT2D eigenvalue weighted by Gasteiger charge is 2.57.